The van der Waals surface area contributed by atoms with Gasteiger partial charge in [-0.3, -0.25) is 4.79 Å². The molecule has 2 aromatic rings. The van der Waals surface area contributed by atoms with Crippen molar-refractivity contribution in [1.29, 1.82) is 0 Å². The van der Waals surface area contributed by atoms with Crippen molar-refractivity contribution in [3.63, 3.8) is 0 Å². The van der Waals surface area contributed by atoms with Crippen LogP contribution in [0.5, 0.6) is 5.75 Å². The first-order valence-corrected chi connectivity index (χ1v) is 8.40. The number of hydrogen-bond donors (Lipinski definition) is 1. The van der Waals surface area contributed by atoms with E-state index in [0.29, 0.717) is 30.1 Å². The second-order valence-corrected chi connectivity index (χ2v) is 6.50. The van der Waals surface area contributed by atoms with E-state index in [1.165, 1.54) is 0 Å². The summed E-state index contributed by atoms with van der Waals surface area (Å²) in [5.74, 6) is 2.12. The molecule has 1 aromatic heterocycles. The van der Waals surface area contributed by atoms with Gasteiger partial charge in [-0.05, 0) is 38.0 Å². The van der Waals surface area contributed by atoms with E-state index in [4.69, 9.17) is 13.9 Å². The summed E-state index contributed by atoms with van der Waals surface area (Å²) in [4.78, 5) is 12.5. The molecule has 3 atom stereocenters. The maximum absolute atomic E-state index is 12.5. The van der Waals surface area contributed by atoms with Crippen LogP contribution in [0.4, 0.5) is 0 Å². The van der Waals surface area contributed by atoms with Crippen molar-refractivity contribution in [2.24, 2.45) is 5.92 Å². The minimum absolute atomic E-state index is 0.145. The topological polar surface area (TPSA) is 60.7 Å². The molecule has 1 aromatic carbocycles. The molecule has 1 N–H and O–H groups in total. The summed E-state index contributed by atoms with van der Waals surface area (Å²) in [5.41, 5.74) is 0.831. The summed E-state index contributed by atoms with van der Waals surface area (Å²) >= 11 is 0. The zero-order valence-electron chi connectivity index (χ0n) is 13.7. The van der Waals surface area contributed by atoms with Crippen LogP contribution >= 0.6 is 0 Å². The van der Waals surface area contributed by atoms with Gasteiger partial charge in [-0.25, -0.2) is 0 Å². The number of para-hydroxylation sites is 1. The molecule has 4 rings (SSSR count). The maximum Gasteiger partial charge on any atom is 0.287 e. The quantitative estimate of drug-likeness (QED) is 0.917. The van der Waals surface area contributed by atoms with Crippen LogP contribution in [-0.4, -0.2) is 24.7 Å². The fraction of sp³-hybridized carbons (Fsp3) is 0.421. The van der Waals surface area contributed by atoms with Gasteiger partial charge >= 0.3 is 0 Å². The highest BCUT2D eigenvalue weighted by atomic mass is 16.5. The van der Waals surface area contributed by atoms with Crippen molar-refractivity contribution in [2.45, 2.75) is 38.5 Å². The molecule has 5 heteroatoms. The molecule has 24 heavy (non-hydrogen) atoms. The van der Waals surface area contributed by atoms with Gasteiger partial charge in [0.1, 0.15) is 18.1 Å². The molecule has 1 amide bonds. The van der Waals surface area contributed by atoms with Crippen LogP contribution in [-0.2, 0) is 11.3 Å². The smallest absolute Gasteiger partial charge is 0.287 e. The highest BCUT2D eigenvalue weighted by Gasteiger charge is 2.46. The van der Waals surface area contributed by atoms with E-state index in [1.54, 1.807) is 0 Å². The van der Waals surface area contributed by atoms with Gasteiger partial charge in [-0.2, -0.15) is 0 Å². The lowest BCUT2D eigenvalue weighted by Crippen LogP contribution is -2.53. The largest absolute Gasteiger partial charge is 0.486 e. The van der Waals surface area contributed by atoms with Gasteiger partial charge in [0.15, 0.2) is 5.76 Å². The van der Waals surface area contributed by atoms with Crippen molar-refractivity contribution in [3.8, 4) is 5.75 Å². The number of ether oxygens (including phenoxy) is 2. The van der Waals surface area contributed by atoms with E-state index >= 15 is 0 Å². The Hall–Kier alpha value is -2.27. The third-order valence-electron chi connectivity index (χ3n) is 4.88. The fourth-order valence-electron chi connectivity index (χ4n) is 3.51. The van der Waals surface area contributed by atoms with E-state index in [9.17, 15) is 4.79 Å². The Morgan fingerprint density at radius 2 is 2.17 bits per heavy atom. The molecular weight excluding hydrogens is 306 g/mol. The molecule has 0 spiro atoms. The molecule has 1 saturated heterocycles. The number of hydrogen-bond acceptors (Lipinski definition) is 4. The number of carbonyl (C=O) groups is 1. The van der Waals surface area contributed by atoms with Gasteiger partial charge in [-0.15, -0.1) is 0 Å². The fourth-order valence-corrected chi connectivity index (χ4v) is 3.51. The Morgan fingerprint density at radius 1 is 1.33 bits per heavy atom. The third kappa shape index (κ3) is 2.91. The van der Waals surface area contributed by atoms with Crippen LogP contribution in [0.2, 0.25) is 0 Å². The number of benzene rings is 1. The highest BCUT2D eigenvalue weighted by Crippen LogP contribution is 2.38. The number of aryl methyl sites for hydroxylation is 1. The van der Waals surface area contributed by atoms with E-state index in [0.717, 1.165) is 30.8 Å². The van der Waals surface area contributed by atoms with E-state index in [1.807, 2.05) is 43.3 Å². The van der Waals surface area contributed by atoms with Gasteiger partial charge in [-0.1, -0.05) is 18.2 Å². The molecule has 0 radical (unpaired) electrons. The lowest BCUT2D eigenvalue weighted by Gasteiger charge is -2.39. The van der Waals surface area contributed by atoms with Crippen molar-refractivity contribution in [1.82, 2.24) is 5.32 Å². The van der Waals surface area contributed by atoms with Gasteiger partial charge in [0.2, 0.25) is 0 Å². The van der Waals surface area contributed by atoms with E-state index in [-0.39, 0.29) is 11.9 Å². The Morgan fingerprint density at radius 3 is 2.96 bits per heavy atom. The molecule has 0 unspecified atom stereocenters. The molecule has 2 heterocycles. The predicted molar refractivity (Wildman–Crippen MR) is 87.9 cm³/mol. The summed E-state index contributed by atoms with van der Waals surface area (Å²) in [6.45, 7) is 3.00. The number of furan rings is 1. The lowest BCUT2D eigenvalue weighted by atomic mass is 9.76. The SMILES string of the molecule is Cc1cc(COc2ccccc2)oc1C(=O)N[C@@H]1C[C@H]2OCC[C@@H]12. The van der Waals surface area contributed by atoms with E-state index < -0.39 is 0 Å². The van der Waals surface area contributed by atoms with Crippen molar-refractivity contribution < 1.29 is 18.7 Å². The Bertz CT molecular complexity index is 724. The monoisotopic (exact) mass is 327 g/mol. The molecule has 126 valence electrons. The minimum atomic E-state index is -0.145. The Balaban J connectivity index is 1.37. The Kier molecular flexibility index (Phi) is 4.02. The summed E-state index contributed by atoms with van der Waals surface area (Å²) in [7, 11) is 0. The van der Waals surface area contributed by atoms with Gasteiger partial charge in [0.25, 0.3) is 5.91 Å². The summed E-state index contributed by atoms with van der Waals surface area (Å²) in [5, 5.41) is 3.08. The van der Waals surface area contributed by atoms with Crippen LogP contribution < -0.4 is 10.1 Å². The van der Waals surface area contributed by atoms with Crippen LogP contribution in [0.3, 0.4) is 0 Å². The van der Waals surface area contributed by atoms with Gasteiger partial charge < -0.3 is 19.2 Å². The molecule has 1 aliphatic heterocycles. The van der Waals surface area contributed by atoms with Crippen molar-refractivity contribution in [2.75, 3.05) is 6.61 Å². The van der Waals surface area contributed by atoms with Crippen LogP contribution in [0.15, 0.2) is 40.8 Å². The molecule has 2 aliphatic rings. The summed E-state index contributed by atoms with van der Waals surface area (Å²) in [6, 6.07) is 11.6. The Labute approximate surface area is 140 Å². The number of fused-ring (bicyclic) bond motifs is 1. The molecule has 0 bridgehead atoms. The van der Waals surface area contributed by atoms with Gasteiger partial charge in [0.05, 0.1) is 6.10 Å². The second-order valence-electron chi connectivity index (χ2n) is 6.50. The molecule has 2 fully saturated rings. The molecule has 1 saturated carbocycles. The second kappa shape index (κ2) is 6.32. The zero-order valence-corrected chi connectivity index (χ0v) is 13.7. The first-order valence-electron chi connectivity index (χ1n) is 8.40. The first-order chi connectivity index (χ1) is 11.7. The number of carbonyl (C=O) groups excluding carboxylic acids is 1. The standard InChI is InChI=1S/C19H21NO4/c1-12-9-14(11-23-13-5-3-2-4-6-13)24-18(12)19(21)20-16-10-17-15(16)7-8-22-17/h2-6,9,15-17H,7-8,10-11H2,1H3,(H,20,21)/t15-,16+,17+/m0/s1. The lowest BCUT2D eigenvalue weighted by molar-refractivity contribution is 0.00768. The van der Waals surface area contributed by atoms with Crippen molar-refractivity contribution in [3.05, 3.63) is 53.5 Å². The summed E-state index contributed by atoms with van der Waals surface area (Å²) in [6.07, 6.45) is 2.27. The minimum Gasteiger partial charge on any atom is -0.486 e. The molecule has 1 aliphatic carbocycles. The summed E-state index contributed by atoms with van der Waals surface area (Å²) < 4.78 is 17.0. The number of nitrogens with one attached hydrogen (secondary N) is 1. The van der Waals surface area contributed by atoms with Gasteiger partial charge in [0, 0.05) is 24.1 Å². The molecular formula is C19H21NO4. The van der Waals surface area contributed by atoms with E-state index in [2.05, 4.69) is 5.32 Å². The molecule has 5 nitrogen and oxygen atoms in total. The first kappa shape index (κ1) is 15.3. The van der Waals surface area contributed by atoms with Crippen LogP contribution in [0.25, 0.3) is 0 Å². The average molecular weight is 327 g/mol. The predicted octanol–water partition coefficient (Wildman–Crippen LogP) is 3.07. The number of amides is 1. The average Bonchev–Trinajstić information content (AvgIpc) is 3.14. The third-order valence-corrected chi connectivity index (χ3v) is 4.88. The number of rotatable bonds is 5. The normalized spacial score (nSPS) is 25.0. The van der Waals surface area contributed by atoms with Crippen LogP contribution in [0, 0.1) is 12.8 Å². The highest BCUT2D eigenvalue weighted by molar-refractivity contribution is 5.93. The van der Waals surface area contributed by atoms with Crippen LogP contribution in [0.1, 0.15) is 34.7 Å². The van der Waals surface area contributed by atoms with Crippen molar-refractivity contribution >= 4 is 5.91 Å². The zero-order chi connectivity index (χ0) is 16.5. The maximum atomic E-state index is 12.5.